The number of nitrogens with zero attached hydrogens (tertiary/aromatic N) is 2. The predicted octanol–water partition coefficient (Wildman–Crippen LogP) is 1.98. The van der Waals surface area contributed by atoms with Gasteiger partial charge in [0.05, 0.1) is 10.7 Å². The first kappa shape index (κ1) is 13.8. The fraction of sp³-hybridized carbons (Fsp3) is 0.667. The Hall–Kier alpha value is -1.20. The van der Waals surface area contributed by atoms with Gasteiger partial charge in [-0.2, -0.15) is 5.26 Å². The van der Waals surface area contributed by atoms with Crippen molar-refractivity contribution in [2.45, 2.75) is 31.3 Å². The molecular formula is C15H20N3OP. The highest BCUT2D eigenvalue weighted by Gasteiger charge is 2.51. The third-order valence-electron chi connectivity index (χ3n) is 5.01. The minimum Gasteiger partial charge on any atom is -0.359 e. The summed E-state index contributed by atoms with van der Waals surface area (Å²) in [6, 6.07) is 2.01. The molecule has 0 amide bonds. The van der Waals surface area contributed by atoms with Crippen molar-refractivity contribution in [3.05, 3.63) is 11.6 Å². The van der Waals surface area contributed by atoms with Crippen LogP contribution in [0.5, 0.6) is 0 Å². The fourth-order valence-corrected chi connectivity index (χ4v) is 4.36. The molecule has 1 saturated heterocycles. The molecule has 2 unspecified atom stereocenters. The predicted molar refractivity (Wildman–Crippen MR) is 80.4 cm³/mol. The summed E-state index contributed by atoms with van der Waals surface area (Å²) < 4.78 is 0. The second-order valence-corrected chi connectivity index (χ2v) is 7.34. The molecular weight excluding hydrogens is 269 g/mol. The Balaban J connectivity index is 1.94. The zero-order valence-electron chi connectivity index (χ0n) is 11.7. The molecule has 4 atom stereocenters. The molecule has 0 radical (unpaired) electrons. The number of fused-ring (bicyclic) bond motifs is 1. The first-order valence-corrected chi connectivity index (χ1v) is 7.85. The molecule has 0 spiro atoms. The van der Waals surface area contributed by atoms with Gasteiger partial charge in [-0.1, -0.05) is 6.92 Å². The van der Waals surface area contributed by atoms with Crippen molar-refractivity contribution < 1.29 is 4.79 Å². The number of ketones is 1. The largest absolute Gasteiger partial charge is 0.359 e. The van der Waals surface area contributed by atoms with Crippen molar-refractivity contribution in [3.8, 4) is 6.07 Å². The van der Waals surface area contributed by atoms with E-state index in [0.717, 1.165) is 25.4 Å². The van der Waals surface area contributed by atoms with Crippen molar-refractivity contribution >= 4 is 20.9 Å². The van der Waals surface area contributed by atoms with Crippen LogP contribution in [0.4, 0.5) is 0 Å². The SMILES string of the molecule is C[C@H]1C(=O)C(C#N)=C[C@@]2(P)C(=N)N(CC3CC3)CCC12. The summed E-state index contributed by atoms with van der Waals surface area (Å²) in [4.78, 5) is 14.3. The van der Waals surface area contributed by atoms with E-state index in [9.17, 15) is 4.79 Å². The molecule has 5 heteroatoms. The number of nitriles is 1. The molecule has 0 aromatic heterocycles. The third-order valence-corrected chi connectivity index (χ3v) is 5.88. The first-order valence-electron chi connectivity index (χ1n) is 7.27. The van der Waals surface area contributed by atoms with Crippen LogP contribution in [0.25, 0.3) is 0 Å². The summed E-state index contributed by atoms with van der Waals surface area (Å²) in [5.41, 5.74) is 0.224. The average Bonchev–Trinajstić information content (AvgIpc) is 3.23. The number of hydrogen-bond acceptors (Lipinski definition) is 3. The van der Waals surface area contributed by atoms with Crippen LogP contribution in [0.2, 0.25) is 0 Å². The van der Waals surface area contributed by atoms with Gasteiger partial charge in [0.2, 0.25) is 0 Å². The van der Waals surface area contributed by atoms with E-state index in [1.165, 1.54) is 12.8 Å². The van der Waals surface area contributed by atoms with Crippen LogP contribution >= 0.6 is 9.24 Å². The molecule has 3 aliphatic rings. The molecule has 1 N–H and O–H groups in total. The van der Waals surface area contributed by atoms with Gasteiger partial charge in [0, 0.05) is 19.0 Å². The van der Waals surface area contributed by atoms with Crippen LogP contribution in [-0.4, -0.2) is 34.8 Å². The van der Waals surface area contributed by atoms with E-state index in [1.807, 2.05) is 13.0 Å². The summed E-state index contributed by atoms with van der Waals surface area (Å²) in [5, 5.41) is 17.2. The number of hydrogen-bond donors (Lipinski definition) is 1. The van der Waals surface area contributed by atoms with E-state index in [1.54, 1.807) is 6.08 Å². The molecule has 3 rings (SSSR count). The number of piperidine rings is 1. The molecule has 0 aromatic carbocycles. The van der Waals surface area contributed by atoms with Gasteiger partial charge in [0.1, 0.15) is 11.9 Å². The second-order valence-electron chi connectivity index (χ2n) is 6.39. The number of rotatable bonds is 2. The highest BCUT2D eigenvalue weighted by atomic mass is 31.0. The molecule has 4 nitrogen and oxygen atoms in total. The number of allylic oxidation sites excluding steroid dienone is 1. The van der Waals surface area contributed by atoms with Crippen molar-refractivity contribution in [1.82, 2.24) is 4.90 Å². The normalized spacial score (nSPS) is 37.2. The van der Waals surface area contributed by atoms with Gasteiger partial charge in [-0.05, 0) is 37.2 Å². The molecule has 106 valence electrons. The Labute approximate surface area is 121 Å². The maximum Gasteiger partial charge on any atom is 0.176 e. The first-order chi connectivity index (χ1) is 9.47. The lowest BCUT2D eigenvalue weighted by Gasteiger charge is -2.49. The minimum absolute atomic E-state index is 0.0565. The smallest absolute Gasteiger partial charge is 0.176 e. The van der Waals surface area contributed by atoms with Crippen LogP contribution in [0.3, 0.4) is 0 Å². The Morgan fingerprint density at radius 1 is 1.55 bits per heavy atom. The van der Waals surface area contributed by atoms with E-state index in [0.29, 0.717) is 5.84 Å². The Kier molecular flexibility index (Phi) is 3.21. The average molecular weight is 289 g/mol. The van der Waals surface area contributed by atoms with E-state index >= 15 is 0 Å². The monoisotopic (exact) mass is 289 g/mol. The summed E-state index contributed by atoms with van der Waals surface area (Å²) in [7, 11) is 2.77. The third kappa shape index (κ3) is 2.00. The lowest BCUT2D eigenvalue weighted by Crippen LogP contribution is -2.58. The van der Waals surface area contributed by atoms with Crippen LogP contribution < -0.4 is 0 Å². The van der Waals surface area contributed by atoms with Gasteiger partial charge in [0.25, 0.3) is 0 Å². The van der Waals surface area contributed by atoms with Crippen molar-refractivity contribution in [1.29, 1.82) is 10.7 Å². The number of carbonyl (C=O) groups is 1. The van der Waals surface area contributed by atoms with Crippen LogP contribution in [0.1, 0.15) is 26.2 Å². The fourth-order valence-electron chi connectivity index (χ4n) is 3.55. The van der Waals surface area contributed by atoms with Gasteiger partial charge < -0.3 is 4.90 Å². The summed E-state index contributed by atoms with van der Waals surface area (Å²) >= 11 is 0. The Bertz CT molecular complexity index is 546. The molecule has 20 heavy (non-hydrogen) atoms. The van der Waals surface area contributed by atoms with Gasteiger partial charge in [0.15, 0.2) is 5.78 Å². The quantitative estimate of drug-likeness (QED) is 0.790. The number of Topliss-reactive ketones (excluding diaryl/α,β-unsaturated/α-hetero) is 1. The standard InChI is InChI=1S/C15H20N3OP/c1-9-12-4-5-18(8-10-2-3-10)14(17)15(12,20)6-11(7-16)13(9)19/h6,9-10,12,17H,2-5,8,20H2,1H3/t9-,12?,15+/m1/s1. The van der Waals surface area contributed by atoms with Crippen molar-refractivity contribution in [2.75, 3.05) is 13.1 Å². The molecule has 0 aromatic rings. The highest BCUT2D eigenvalue weighted by molar-refractivity contribution is 7.21. The molecule has 1 heterocycles. The lowest BCUT2D eigenvalue weighted by atomic mass is 9.68. The zero-order chi connectivity index (χ0) is 14.5. The highest BCUT2D eigenvalue weighted by Crippen LogP contribution is 2.47. The van der Waals surface area contributed by atoms with Crippen LogP contribution in [-0.2, 0) is 4.79 Å². The van der Waals surface area contributed by atoms with E-state index in [2.05, 4.69) is 14.1 Å². The maximum atomic E-state index is 12.1. The van der Waals surface area contributed by atoms with Gasteiger partial charge >= 0.3 is 0 Å². The van der Waals surface area contributed by atoms with E-state index < -0.39 is 5.16 Å². The lowest BCUT2D eigenvalue weighted by molar-refractivity contribution is -0.120. The molecule has 2 aliphatic carbocycles. The van der Waals surface area contributed by atoms with Crippen LogP contribution in [0.15, 0.2) is 11.6 Å². The van der Waals surface area contributed by atoms with Crippen molar-refractivity contribution in [2.24, 2.45) is 17.8 Å². The Morgan fingerprint density at radius 2 is 2.25 bits per heavy atom. The molecule has 2 fully saturated rings. The van der Waals surface area contributed by atoms with Crippen LogP contribution in [0, 0.1) is 34.5 Å². The van der Waals surface area contributed by atoms with Gasteiger partial charge in [-0.3, -0.25) is 10.2 Å². The molecule has 0 bridgehead atoms. The topological polar surface area (TPSA) is 68.0 Å². The number of amidine groups is 1. The van der Waals surface area contributed by atoms with E-state index in [4.69, 9.17) is 10.7 Å². The van der Waals surface area contributed by atoms with Gasteiger partial charge in [-0.15, -0.1) is 9.24 Å². The van der Waals surface area contributed by atoms with Crippen molar-refractivity contribution in [3.63, 3.8) is 0 Å². The number of likely N-dealkylation sites (tertiary alicyclic amines) is 1. The van der Waals surface area contributed by atoms with E-state index in [-0.39, 0.29) is 23.2 Å². The minimum atomic E-state index is -0.536. The number of nitrogens with one attached hydrogen (secondary N) is 1. The summed E-state index contributed by atoms with van der Waals surface area (Å²) in [6.07, 6.45) is 5.18. The number of carbonyl (C=O) groups excluding carboxylic acids is 1. The second kappa shape index (κ2) is 4.67. The maximum absolute atomic E-state index is 12.1. The summed E-state index contributed by atoms with van der Waals surface area (Å²) in [5.74, 6) is 1.20. The van der Waals surface area contributed by atoms with Gasteiger partial charge in [-0.25, -0.2) is 0 Å². The Morgan fingerprint density at radius 3 is 2.85 bits per heavy atom. The zero-order valence-corrected chi connectivity index (χ0v) is 12.9. The molecule has 1 aliphatic heterocycles. The molecule has 1 saturated carbocycles. The summed E-state index contributed by atoms with van der Waals surface area (Å²) in [6.45, 7) is 3.73.